The maximum atomic E-state index is 11.8. The van der Waals surface area contributed by atoms with Crippen LogP contribution in [0.3, 0.4) is 0 Å². The van der Waals surface area contributed by atoms with Gasteiger partial charge in [0.2, 0.25) is 0 Å². The number of benzene rings is 1. The van der Waals surface area contributed by atoms with Crippen LogP contribution in [0.2, 0.25) is 0 Å². The van der Waals surface area contributed by atoms with Crippen LogP contribution in [-0.2, 0) is 20.5 Å². The Morgan fingerprint density at radius 3 is 2.71 bits per heavy atom. The van der Waals surface area contributed by atoms with Gasteiger partial charge in [-0.25, -0.2) is 9.78 Å². The molecule has 5 rings (SSSR count). The van der Waals surface area contributed by atoms with Gasteiger partial charge in [0, 0.05) is 55.9 Å². The molecule has 8 heteroatoms. The summed E-state index contributed by atoms with van der Waals surface area (Å²) >= 11 is 1.58. The second kappa shape index (κ2) is 7.24. The van der Waals surface area contributed by atoms with Crippen molar-refractivity contribution in [3.63, 3.8) is 0 Å². The van der Waals surface area contributed by atoms with Gasteiger partial charge in [-0.05, 0) is 24.6 Å². The number of nitrogens with zero attached hydrogens (tertiary/aromatic N) is 4. The lowest BCUT2D eigenvalue weighted by atomic mass is 10.1. The Labute approximate surface area is 182 Å². The summed E-state index contributed by atoms with van der Waals surface area (Å²) in [6, 6.07) is 9.38. The van der Waals surface area contributed by atoms with E-state index >= 15 is 0 Å². The molecule has 0 amide bonds. The first kappa shape index (κ1) is 19.3. The van der Waals surface area contributed by atoms with E-state index in [4.69, 9.17) is 4.74 Å². The molecule has 5 aromatic rings. The Morgan fingerprint density at radius 2 is 2.00 bits per heavy atom. The van der Waals surface area contributed by atoms with Crippen molar-refractivity contribution in [3.8, 4) is 22.2 Å². The summed E-state index contributed by atoms with van der Waals surface area (Å²) in [7, 11) is 3.85. The van der Waals surface area contributed by atoms with E-state index in [1.807, 2.05) is 66.7 Å². The van der Waals surface area contributed by atoms with Gasteiger partial charge in [-0.3, -0.25) is 4.98 Å². The van der Waals surface area contributed by atoms with Gasteiger partial charge in [0.05, 0.1) is 26.2 Å². The Kier molecular flexibility index (Phi) is 4.51. The molecule has 0 unspecified atom stereocenters. The number of rotatable bonds is 5. The summed E-state index contributed by atoms with van der Waals surface area (Å²) in [5.41, 5.74) is 2.83. The van der Waals surface area contributed by atoms with Gasteiger partial charge in [0.25, 0.3) is 0 Å². The third-order valence-electron chi connectivity index (χ3n) is 5.49. The number of imidazole rings is 1. The molecule has 0 saturated heterocycles. The molecule has 0 aliphatic rings. The molecule has 156 valence electrons. The van der Waals surface area contributed by atoms with Gasteiger partial charge in [0.15, 0.2) is 0 Å². The molecule has 0 radical (unpaired) electrons. The van der Waals surface area contributed by atoms with E-state index in [0.717, 1.165) is 32.1 Å². The fourth-order valence-corrected chi connectivity index (χ4v) is 5.13. The van der Waals surface area contributed by atoms with Crippen molar-refractivity contribution in [2.45, 2.75) is 13.3 Å². The van der Waals surface area contributed by atoms with Gasteiger partial charge in [-0.15, -0.1) is 11.3 Å². The van der Waals surface area contributed by atoms with Crippen molar-refractivity contribution in [1.82, 2.24) is 19.1 Å². The van der Waals surface area contributed by atoms with Crippen LogP contribution in [0.25, 0.3) is 31.8 Å². The molecule has 0 spiro atoms. The van der Waals surface area contributed by atoms with Crippen molar-refractivity contribution < 1.29 is 14.6 Å². The van der Waals surface area contributed by atoms with Crippen LogP contribution in [0.5, 0.6) is 11.5 Å². The summed E-state index contributed by atoms with van der Waals surface area (Å²) in [6.45, 7) is 1.96. The van der Waals surface area contributed by atoms with Crippen molar-refractivity contribution in [2.24, 2.45) is 14.1 Å². The van der Waals surface area contributed by atoms with Gasteiger partial charge < -0.3 is 19.0 Å². The second-order valence-corrected chi connectivity index (χ2v) is 8.37. The highest BCUT2D eigenvalue weighted by atomic mass is 32.1. The molecule has 7 nitrogen and oxygen atoms in total. The lowest BCUT2D eigenvalue weighted by Crippen LogP contribution is -2.02. The molecule has 0 aliphatic heterocycles. The number of aromatic carboxylic acids is 1. The van der Waals surface area contributed by atoms with Crippen molar-refractivity contribution in [2.75, 3.05) is 0 Å². The van der Waals surface area contributed by atoms with Crippen LogP contribution >= 0.6 is 11.3 Å². The van der Waals surface area contributed by atoms with Crippen molar-refractivity contribution in [1.29, 1.82) is 0 Å². The molecule has 0 aliphatic carbocycles. The molecule has 4 heterocycles. The van der Waals surface area contributed by atoms with E-state index in [1.54, 1.807) is 23.7 Å². The zero-order chi connectivity index (χ0) is 21.7. The van der Waals surface area contributed by atoms with Crippen LogP contribution in [0, 0.1) is 0 Å². The number of carbonyl (C=O) groups is 1. The maximum absolute atomic E-state index is 11.8. The first-order valence-corrected chi connectivity index (χ1v) is 10.7. The molecule has 4 aromatic heterocycles. The van der Waals surface area contributed by atoms with Crippen LogP contribution < -0.4 is 4.74 Å². The van der Waals surface area contributed by atoms with E-state index in [0.29, 0.717) is 28.9 Å². The minimum atomic E-state index is -0.910. The topological polar surface area (TPSA) is 82.2 Å². The van der Waals surface area contributed by atoms with E-state index < -0.39 is 5.97 Å². The highest BCUT2D eigenvalue weighted by Gasteiger charge is 2.20. The zero-order valence-electron chi connectivity index (χ0n) is 17.3. The lowest BCUT2D eigenvalue weighted by Gasteiger charge is -2.07. The first-order valence-electron chi connectivity index (χ1n) is 9.86. The second-order valence-electron chi connectivity index (χ2n) is 7.32. The number of carboxylic acids is 1. The molecular weight excluding hydrogens is 412 g/mol. The minimum Gasteiger partial charge on any atom is -0.478 e. The number of hydrogen-bond acceptors (Lipinski definition) is 5. The molecule has 0 fully saturated rings. The predicted octanol–water partition coefficient (Wildman–Crippen LogP) is 5.24. The van der Waals surface area contributed by atoms with Crippen LogP contribution in [-0.4, -0.2) is 30.2 Å². The quantitative estimate of drug-likeness (QED) is 0.411. The van der Waals surface area contributed by atoms with Crippen LogP contribution in [0.15, 0.2) is 48.9 Å². The Balaban J connectivity index is 1.58. The van der Waals surface area contributed by atoms with Crippen molar-refractivity contribution >= 4 is 38.4 Å². The van der Waals surface area contributed by atoms with E-state index in [2.05, 4.69) is 9.97 Å². The largest absolute Gasteiger partial charge is 0.478 e. The van der Waals surface area contributed by atoms with Gasteiger partial charge in [-0.1, -0.05) is 6.92 Å². The minimum absolute atomic E-state index is 0.357. The van der Waals surface area contributed by atoms with Crippen LogP contribution in [0.4, 0.5) is 0 Å². The summed E-state index contributed by atoms with van der Waals surface area (Å²) in [6.07, 6.45) is 6.05. The number of carboxylic acid groups (broad SMARTS) is 1. The number of ether oxygens (including phenoxy) is 1. The Hall–Kier alpha value is -3.65. The molecule has 31 heavy (non-hydrogen) atoms. The average molecular weight is 433 g/mol. The molecular formula is C23H20N4O3S. The number of pyridine rings is 1. The monoisotopic (exact) mass is 432 g/mol. The number of aryl methyl sites for hydroxylation is 2. The average Bonchev–Trinajstić information content (AvgIpc) is 3.44. The van der Waals surface area contributed by atoms with E-state index in [1.165, 1.54) is 0 Å². The van der Waals surface area contributed by atoms with Gasteiger partial charge in [-0.2, -0.15) is 0 Å². The van der Waals surface area contributed by atoms with Gasteiger partial charge >= 0.3 is 5.97 Å². The molecule has 1 N–H and O–H groups in total. The summed E-state index contributed by atoms with van der Waals surface area (Å²) < 4.78 is 11.1. The summed E-state index contributed by atoms with van der Waals surface area (Å²) in [4.78, 5) is 21.7. The summed E-state index contributed by atoms with van der Waals surface area (Å²) in [5.74, 6) is 1.32. The Morgan fingerprint density at radius 1 is 1.16 bits per heavy atom. The van der Waals surface area contributed by atoms with Gasteiger partial charge in [0.1, 0.15) is 17.3 Å². The standard InChI is InChI=1S/C23H20N4O3S/c1-4-16-20(23(28)29)14-6-5-13(11-17(14)27(16)3)30-18-7-8-24-15-12-19(31-21(15)18)22-25-9-10-26(22)2/h5-12H,4H2,1-3H3,(H,28,29). The predicted molar refractivity (Wildman–Crippen MR) is 121 cm³/mol. The smallest absolute Gasteiger partial charge is 0.338 e. The fourth-order valence-electron chi connectivity index (χ4n) is 4.02. The number of fused-ring (bicyclic) bond motifs is 2. The Bertz CT molecular complexity index is 1460. The van der Waals surface area contributed by atoms with Crippen LogP contribution in [0.1, 0.15) is 23.0 Å². The zero-order valence-corrected chi connectivity index (χ0v) is 18.1. The molecule has 0 bridgehead atoms. The summed E-state index contributed by atoms with van der Waals surface area (Å²) in [5, 5.41) is 10.4. The van der Waals surface area contributed by atoms with E-state index in [9.17, 15) is 9.90 Å². The number of hydrogen-bond donors (Lipinski definition) is 1. The molecule has 0 saturated carbocycles. The number of aromatic nitrogens is 4. The maximum Gasteiger partial charge on any atom is 0.338 e. The highest BCUT2D eigenvalue weighted by molar-refractivity contribution is 7.22. The van der Waals surface area contributed by atoms with Crippen molar-refractivity contribution in [3.05, 3.63) is 60.2 Å². The third-order valence-corrected chi connectivity index (χ3v) is 6.62. The number of thiophene rings is 1. The fraction of sp³-hybridized carbons (Fsp3) is 0.174. The first-order chi connectivity index (χ1) is 15.0. The molecule has 0 atom stereocenters. The lowest BCUT2D eigenvalue weighted by molar-refractivity contribution is 0.0697. The molecule has 1 aromatic carbocycles. The highest BCUT2D eigenvalue weighted by Crippen LogP contribution is 2.39. The van der Waals surface area contributed by atoms with E-state index in [-0.39, 0.29) is 0 Å². The SMILES string of the molecule is CCc1c(C(=O)O)c2ccc(Oc3ccnc4cc(-c5nccn5C)sc34)cc2n1C. The normalized spacial score (nSPS) is 11.5. The third kappa shape index (κ3) is 3.07.